The number of hydrogen-bond donors (Lipinski definition) is 1. The summed E-state index contributed by atoms with van der Waals surface area (Å²) in [5.41, 5.74) is 0.812. The Bertz CT molecular complexity index is 933. The van der Waals surface area contributed by atoms with E-state index in [0.29, 0.717) is 17.9 Å². The summed E-state index contributed by atoms with van der Waals surface area (Å²) in [6.45, 7) is 1.75. The van der Waals surface area contributed by atoms with Gasteiger partial charge in [0.2, 0.25) is 0 Å². The average molecular weight is 364 g/mol. The maximum Gasteiger partial charge on any atom is 0.269 e. The minimum atomic E-state index is -3.08. The van der Waals surface area contributed by atoms with Gasteiger partial charge < -0.3 is 5.32 Å². The largest absolute Gasteiger partial charge is 0.307 e. The molecule has 1 aromatic heterocycles. The van der Waals surface area contributed by atoms with E-state index < -0.39 is 20.7 Å². The lowest BCUT2D eigenvalue weighted by Gasteiger charge is -2.13. The molecule has 0 saturated carbocycles. The number of carbonyl (C=O) groups excluding carboxylic acids is 1. The van der Waals surface area contributed by atoms with Gasteiger partial charge in [-0.05, 0) is 25.5 Å². The molecule has 1 fully saturated rings. The molecule has 1 aromatic carbocycles. The van der Waals surface area contributed by atoms with Crippen molar-refractivity contribution in [1.82, 2.24) is 9.78 Å². The Morgan fingerprint density at radius 3 is 2.60 bits per heavy atom. The van der Waals surface area contributed by atoms with E-state index in [4.69, 9.17) is 0 Å². The second-order valence-corrected chi connectivity index (χ2v) is 8.16. The number of amides is 1. The van der Waals surface area contributed by atoms with E-state index in [1.165, 1.54) is 28.9 Å². The highest BCUT2D eigenvalue weighted by molar-refractivity contribution is 7.91. The van der Waals surface area contributed by atoms with Gasteiger partial charge in [-0.15, -0.1) is 0 Å². The lowest BCUT2D eigenvalue weighted by atomic mass is 10.2. The zero-order chi connectivity index (χ0) is 18.2. The molecule has 1 aliphatic heterocycles. The lowest BCUT2D eigenvalue weighted by molar-refractivity contribution is -0.384. The molecule has 1 amide bonds. The van der Waals surface area contributed by atoms with E-state index >= 15 is 0 Å². The van der Waals surface area contributed by atoms with Crippen molar-refractivity contribution in [1.29, 1.82) is 0 Å². The van der Waals surface area contributed by atoms with Crippen LogP contribution in [0.3, 0.4) is 0 Å². The van der Waals surface area contributed by atoms with Crippen molar-refractivity contribution >= 4 is 27.2 Å². The van der Waals surface area contributed by atoms with Gasteiger partial charge in [0.1, 0.15) is 5.82 Å². The fourth-order valence-corrected chi connectivity index (χ4v) is 4.47. The minimum absolute atomic E-state index is 0.00543. The van der Waals surface area contributed by atoms with Crippen molar-refractivity contribution in [3.05, 3.63) is 51.7 Å². The summed E-state index contributed by atoms with van der Waals surface area (Å²) in [5.74, 6) is 0.0563. The highest BCUT2D eigenvalue weighted by Crippen LogP contribution is 2.27. The van der Waals surface area contributed by atoms with Crippen LogP contribution in [0.1, 0.15) is 28.5 Å². The molecule has 9 nitrogen and oxygen atoms in total. The maximum absolute atomic E-state index is 12.4. The molecule has 25 heavy (non-hydrogen) atoms. The third-order valence-corrected chi connectivity index (χ3v) is 5.74. The van der Waals surface area contributed by atoms with Gasteiger partial charge in [0, 0.05) is 23.8 Å². The molecule has 1 aliphatic rings. The normalized spacial score (nSPS) is 18.8. The second-order valence-electron chi connectivity index (χ2n) is 5.93. The van der Waals surface area contributed by atoms with E-state index in [1.54, 1.807) is 13.0 Å². The van der Waals surface area contributed by atoms with E-state index in [1.807, 2.05) is 0 Å². The van der Waals surface area contributed by atoms with Gasteiger partial charge in [-0.25, -0.2) is 13.1 Å². The Labute approximate surface area is 143 Å². The predicted molar refractivity (Wildman–Crippen MR) is 90.3 cm³/mol. The smallest absolute Gasteiger partial charge is 0.269 e. The standard InChI is InChI=1S/C15H16N4O5S/c1-10-8-14(18(17-10)13-6-7-25(23,24)9-13)16-15(20)11-2-4-12(5-3-11)19(21)22/h2-5,8,13H,6-7,9H2,1H3,(H,16,20)/t13-/m1/s1. The molecule has 1 atom stereocenters. The van der Waals surface area contributed by atoms with Crippen molar-refractivity contribution in [3.63, 3.8) is 0 Å². The SMILES string of the molecule is Cc1cc(NC(=O)c2ccc([N+](=O)[O-])cc2)n([C@@H]2CCS(=O)(=O)C2)n1. The fourth-order valence-electron chi connectivity index (χ4n) is 2.78. The first-order chi connectivity index (χ1) is 11.7. The Kier molecular flexibility index (Phi) is 4.29. The van der Waals surface area contributed by atoms with Gasteiger partial charge in [-0.3, -0.25) is 14.9 Å². The molecule has 2 heterocycles. The Morgan fingerprint density at radius 1 is 1.36 bits per heavy atom. The van der Waals surface area contributed by atoms with Crippen molar-refractivity contribution in [2.75, 3.05) is 16.8 Å². The molecule has 0 unspecified atom stereocenters. The summed E-state index contributed by atoms with van der Waals surface area (Å²) in [7, 11) is -3.08. The Balaban J connectivity index is 1.81. The first-order valence-electron chi connectivity index (χ1n) is 7.57. The van der Waals surface area contributed by atoms with Crippen LogP contribution in [0.4, 0.5) is 11.5 Å². The average Bonchev–Trinajstić information content (AvgIpc) is 3.09. The number of nitrogens with one attached hydrogen (secondary N) is 1. The number of nitrogens with zero attached hydrogens (tertiary/aromatic N) is 3. The molecule has 3 rings (SSSR count). The number of benzene rings is 1. The number of non-ortho nitro benzene ring substituents is 1. The van der Waals surface area contributed by atoms with E-state index in [2.05, 4.69) is 10.4 Å². The second kappa shape index (κ2) is 6.28. The molecule has 132 valence electrons. The number of aryl methyl sites for hydroxylation is 1. The number of nitro benzene ring substituents is 1. The van der Waals surface area contributed by atoms with Crippen LogP contribution in [-0.2, 0) is 9.84 Å². The van der Waals surface area contributed by atoms with Gasteiger partial charge in [-0.2, -0.15) is 5.10 Å². The number of nitro groups is 1. The molecular formula is C15H16N4O5S. The highest BCUT2D eigenvalue weighted by atomic mass is 32.2. The summed E-state index contributed by atoms with van der Waals surface area (Å²) in [5, 5.41) is 17.7. The summed E-state index contributed by atoms with van der Waals surface area (Å²) in [6.07, 6.45) is 0.448. The van der Waals surface area contributed by atoms with Crippen molar-refractivity contribution in [2.24, 2.45) is 0 Å². The molecule has 1 saturated heterocycles. The van der Waals surface area contributed by atoms with Crippen LogP contribution in [0, 0.1) is 17.0 Å². The number of hydrogen-bond acceptors (Lipinski definition) is 6. The van der Waals surface area contributed by atoms with Crippen LogP contribution in [0.15, 0.2) is 30.3 Å². The molecule has 2 aromatic rings. The molecule has 0 spiro atoms. The van der Waals surface area contributed by atoms with E-state index in [-0.39, 0.29) is 28.8 Å². The van der Waals surface area contributed by atoms with Crippen molar-refractivity contribution in [2.45, 2.75) is 19.4 Å². The van der Waals surface area contributed by atoms with Crippen LogP contribution in [0.25, 0.3) is 0 Å². The van der Waals surface area contributed by atoms with E-state index in [0.717, 1.165) is 0 Å². The van der Waals surface area contributed by atoms with E-state index in [9.17, 15) is 23.3 Å². The molecule has 0 bridgehead atoms. The van der Waals surface area contributed by atoms with Crippen LogP contribution in [-0.4, -0.2) is 40.5 Å². The van der Waals surface area contributed by atoms with Crippen LogP contribution in [0.2, 0.25) is 0 Å². The first-order valence-corrected chi connectivity index (χ1v) is 9.40. The van der Waals surface area contributed by atoms with Gasteiger partial charge >= 0.3 is 0 Å². The first kappa shape index (κ1) is 17.1. The zero-order valence-corrected chi connectivity index (χ0v) is 14.2. The monoisotopic (exact) mass is 364 g/mol. The molecule has 1 N–H and O–H groups in total. The van der Waals surface area contributed by atoms with Crippen molar-refractivity contribution < 1.29 is 18.1 Å². The molecule has 0 aliphatic carbocycles. The molecule has 0 radical (unpaired) electrons. The minimum Gasteiger partial charge on any atom is -0.307 e. The molecule has 10 heteroatoms. The Hall–Kier alpha value is -2.75. The third kappa shape index (κ3) is 3.68. The summed E-state index contributed by atoms with van der Waals surface area (Å²) in [4.78, 5) is 22.5. The van der Waals surface area contributed by atoms with Gasteiger partial charge in [0.15, 0.2) is 9.84 Å². The maximum atomic E-state index is 12.4. The third-order valence-electron chi connectivity index (χ3n) is 3.99. The zero-order valence-electron chi connectivity index (χ0n) is 13.4. The quantitative estimate of drug-likeness (QED) is 0.650. The summed E-state index contributed by atoms with van der Waals surface area (Å²) in [6, 6.07) is 6.57. The van der Waals surface area contributed by atoms with Gasteiger partial charge in [0.25, 0.3) is 11.6 Å². The topological polar surface area (TPSA) is 124 Å². The fraction of sp³-hybridized carbons (Fsp3) is 0.333. The van der Waals surface area contributed by atoms with Crippen molar-refractivity contribution in [3.8, 4) is 0 Å². The summed E-state index contributed by atoms with van der Waals surface area (Å²) < 4.78 is 24.9. The summed E-state index contributed by atoms with van der Waals surface area (Å²) >= 11 is 0. The van der Waals surface area contributed by atoms with Gasteiger partial charge in [-0.1, -0.05) is 0 Å². The number of carbonyl (C=O) groups is 1. The Morgan fingerprint density at radius 2 is 2.04 bits per heavy atom. The van der Waals surface area contributed by atoms with Gasteiger partial charge in [0.05, 0.1) is 28.2 Å². The highest BCUT2D eigenvalue weighted by Gasteiger charge is 2.31. The van der Waals surface area contributed by atoms with Crippen LogP contribution < -0.4 is 5.32 Å². The number of rotatable bonds is 4. The number of sulfone groups is 1. The van der Waals surface area contributed by atoms with Crippen LogP contribution in [0.5, 0.6) is 0 Å². The van der Waals surface area contributed by atoms with Crippen LogP contribution >= 0.6 is 0 Å². The lowest BCUT2D eigenvalue weighted by Crippen LogP contribution is -2.19. The predicted octanol–water partition coefficient (Wildman–Crippen LogP) is 1.71. The number of anilines is 1. The number of aromatic nitrogens is 2. The molecular weight excluding hydrogens is 348 g/mol.